The number of amides is 1. The van der Waals surface area contributed by atoms with Crippen molar-refractivity contribution in [3.05, 3.63) is 39.4 Å². The number of nitro groups is 1. The van der Waals surface area contributed by atoms with Gasteiger partial charge in [0.15, 0.2) is 11.6 Å². The van der Waals surface area contributed by atoms with E-state index in [-0.39, 0.29) is 6.04 Å². The van der Waals surface area contributed by atoms with Gasteiger partial charge in [0.1, 0.15) is 5.56 Å². The van der Waals surface area contributed by atoms with Gasteiger partial charge in [-0.25, -0.2) is 8.78 Å². The second-order valence-electron chi connectivity index (χ2n) is 5.07. The Balaban J connectivity index is 2.41. The summed E-state index contributed by atoms with van der Waals surface area (Å²) in [7, 11) is 0. The molecule has 1 aliphatic carbocycles. The summed E-state index contributed by atoms with van der Waals surface area (Å²) in [5.41, 5.74) is -1.09. The molecular formula is C14H16F2N2O3. The number of hydrogen-bond donors (Lipinski definition) is 0. The van der Waals surface area contributed by atoms with Gasteiger partial charge < -0.3 is 4.90 Å². The number of carbonyl (C=O) groups excluding carboxylic acids is 1. The molecule has 2 rings (SSSR count). The summed E-state index contributed by atoms with van der Waals surface area (Å²) >= 11 is 0. The van der Waals surface area contributed by atoms with Crippen LogP contribution >= 0.6 is 0 Å². The predicted molar refractivity (Wildman–Crippen MR) is 72.0 cm³/mol. The first-order valence-electron chi connectivity index (χ1n) is 6.90. The predicted octanol–water partition coefficient (Wildman–Crippen LogP) is 3.28. The highest BCUT2D eigenvalue weighted by atomic mass is 19.2. The first-order chi connectivity index (χ1) is 9.95. The van der Waals surface area contributed by atoms with Crippen LogP contribution in [0.3, 0.4) is 0 Å². The molecule has 0 bridgehead atoms. The van der Waals surface area contributed by atoms with Crippen molar-refractivity contribution in [2.45, 2.75) is 38.6 Å². The monoisotopic (exact) mass is 298 g/mol. The van der Waals surface area contributed by atoms with Crippen LogP contribution in [-0.2, 0) is 0 Å². The summed E-state index contributed by atoms with van der Waals surface area (Å²) in [6, 6.07) is 1.09. The van der Waals surface area contributed by atoms with Gasteiger partial charge in [-0.3, -0.25) is 14.9 Å². The van der Waals surface area contributed by atoms with E-state index < -0.39 is 33.7 Å². The molecule has 0 atom stereocenters. The van der Waals surface area contributed by atoms with Gasteiger partial charge >= 0.3 is 0 Å². The zero-order chi connectivity index (χ0) is 15.6. The van der Waals surface area contributed by atoms with Crippen LogP contribution in [0.15, 0.2) is 12.1 Å². The van der Waals surface area contributed by atoms with Gasteiger partial charge in [0.05, 0.1) is 11.0 Å². The van der Waals surface area contributed by atoms with Crippen LogP contribution in [0.5, 0.6) is 0 Å². The lowest BCUT2D eigenvalue weighted by Crippen LogP contribution is -2.39. The molecule has 0 heterocycles. The maximum atomic E-state index is 13.4. The summed E-state index contributed by atoms with van der Waals surface area (Å²) in [4.78, 5) is 24.1. The molecule has 7 heteroatoms. The minimum atomic E-state index is -1.33. The largest absolute Gasteiger partial charge is 0.336 e. The minimum Gasteiger partial charge on any atom is -0.336 e. The highest BCUT2D eigenvalue weighted by Gasteiger charge is 2.31. The summed E-state index contributed by atoms with van der Waals surface area (Å²) in [6.07, 6.45) is 3.65. The third-order valence-electron chi connectivity index (χ3n) is 3.83. The number of halogens is 2. The number of nitrogens with zero attached hydrogens (tertiary/aromatic N) is 2. The molecule has 0 radical (unpaired) electrons. The van der Waals surface area contributed by atoms with Crippen LogP contribution < -0.4 is 0 Å². The van der Waals surface area contributed by atoms with Crippen molar-refractivity contribution in [3.8, 4) is 0 Å². The molecule has 0 N–H and O–H groups in total. The molecule has 0 aromatic heterocycles. The highest BCUT2D eigenvalue weighted by Crippen LogP contribution is 2.28. The van der Waals surface area contributed by atoms with Crippen LogP contribution in [0.25, 0.3) is 0 Å². The zero-order valence-electron chi connectivity index (χ0n) is 11.6. The summed E-state index contributed by atoms with van der Waals surface area (Å²) in [5, 5.41) is 11.0. The molecule has 1 fully saturated rings. The Morgan fingerprint density at radius 1 is 1.33 bits per heavy atom. The standard InChI is InChI=1S/C14H16F2N2O3/c1-2-17(9-5-3-4-6-9)14(19)10-7-11(15)12(16)8-13(10)18(20)21/h7-9H,2-6H2,1H3. The summed E-state index contributed by atoms with van der Waals surface area (Å²) in [5.74, 6) is -3.21. The van der Waals surface area contributed by atoms with E-state index in [9.17, 15) is 23.7 Å². The van der Waals surface area contributed by atoms with Gasteiger partial charge in [0.2, 0.25) is 0 Å². The third-order valence-corrected chi connectivity index (χ3v) is 3.83. The fourth-order valence-electron chi connectivity index (χ4n) is 2.80. The van der Waals surface area contributed by atoms with Gasteiger partial charge in [-0.15, -0.1) is 0 Å². The molecule has 0 spiro atoms. The maximum absolute atomic E-state index is 13.4. The molecule has 1 saturated carbocycles. The lowest BCUT2D eigenvalue weighted by Gasteiger charge is -2.27. The van der Waals surface area contributed by atoms with E-state index >= 15 is 0 Å². The van der Waals surface area contributed by atoms with Gasteiger partial charge in [-0.1, -0.05) is 12.8 Å². The van der Waals surface area contributed by atoms with Crippen molar-refractivity contribution < 1.29 is 18.5 Å². The van der Waals surface area contributed by atoms with Gasteiger partial charge in [-0.05, 0) is 25.8 Å². The average molecular weight is 298 g/mol. The fraction of sp³-hybridized carbons (Fsp3) is 0.500. The van der Waals surface area contributed by atoms with Crippen molar-refractivity contribution in [2.75, 3.05) is 6.54 Å². The Bertz CT molecular complexity index is 572. The molecule has 0 unspecified atom stereocenters. The van der Waals surface area contributed by atoms with E-state index in [1.807, 2.05) is 0 Å². The molecule has 1 aromatic carbocycles. The third kappa shape index (κ3) is 3.01. The van der Waals surface area contributed by atoms with Gasteiger partial charge in [0, 0.05) is 12.6 Å². The minimum absolute atomic E-state index is 0.00946. The van der Waals surface area contributed by atoms with E-state index in [2.05, 4.69) is 0 Å². The number of hydrogen-bond acceptors (Lipinski definition) is 3. The highest BCUT2D eigenvalue weighted by molar-refractivity contribution is 5.98. The summed E-state index contributed by atoms with van der Waals surface area (Å²) in [6.45, 7) is 2.14. The van der Waals surface area contributed by atoms with Crippen LogP contribution in [0.4, 0.5) is 14.5 Å². The second-order valence-corrected chi connectivity index (χ2v) is 5.07. The van der Waals surface area contributed by atoms with Crippen molar-refractivity contribution in [3.63, 3.8) is 0 Å². The molecular weight excluding hydrogens is 282 g/mol. The van der Waals surface area contributed by atoms with Crippen LogP contribution in [0.2, 0.25) is 0 Å². The number of rotatable bonds is 4. The van der Waals surface area contributed by atoms with Gasteiger partial charge in [-0.2, -0.15) is 0 Å². The van der Waals surface area contributed by atoms with E-state index in [1.165, 1.54) is 4.90 Å². The molecule has 1 aliphatic rings. The molecule has 0 aliphatic heterocycles. The van der Waals surface area contributed by atoms with Crippen LogP contribution in [-0.4, -0.2) is 28.3 Å². The first kappa shape index (κ1) is 15.3. The molecule has 21 heavy (non-hydrogen) atoms. The quantitative estimate of drug-likeness (QED) is 0.633. The molecule has 114 valence electrons. The smallest absolute Gasteiger partial charge is 0.285 e. The van der Waals surface area contributed by atoms with Crippen molar-refractivity contribution in [1.82, 2.24) is 4.90 Å². The molecule has 1 aromatic rings. The number of nitro benzene ring substituents is 1. The second kappa shape index (κ2) is 6.15. The maximum Gasteiger partial charge on any atom is 0.285 e. The summed E-state index contributed by atoms with van der Waals surface area (Å²) < 4.78 is 26.5. The Labute approximate surface area is 120 Å². The van der Waals surface area contributed by atoms with Gasteiger partial charge in [0.25, 0.3) is 11.6 Å². The zero-order valence-corrected chi connectivity index (χ0v) is 11.6. The Kier molecular flexibility index (Phi) is 4.50. The molecule has 1 amide bonds. The number of carbonyl (C=O) groups is 1. The fourth-order valence-corrected chi connectivity index (χ4v) is 2.80. The van der Waals surface area contributed by atoms with Crippen LogP contribution in [0, 0.1) is 21.7 Å². The Hall–Kier alpha value is -2.05. The Morgan fingerprint density at radius 2 is 1.90 bits per heavy atom. The normalized spacial score (nSPS) is 15.2. The Morgan fingerprint density at radius 3 is 2.43 bits per heavy atom. The lowest BCUT2D eigenvalue weighted by atomic mass is 10.1. The molecule has 0 saturated heterocycles. The van der Waals surface area contributed by atoms with Crippen molar-refractivity contribution in [1.29, 1.82) is 0 Å². The van der Waals surface area contributed by atoms with Crippen molar-refractivity contribution >= 4 is 11.6 Å². The SMILES string of the molecule is CCN(C(=O)c1cc(F)c(F)cc1[N+](=O)[O-])C1CCCC1. The van der Waals surface area contributed by atoms with Crippen LogP contribution in [0.1, 0.15) is 43.0 Å². The molecule has 5 nitrogen and oxygen atoms in total. The topological polar surface area (TPSA) is 63.5 Å². The average Bonchev–Trinajstić information content (AvgIpc) is 2.95. The van der Waals surface area contributed by atoms with E-state index in [1.54, 1.807) is 6.92 Å². The number of benzene rings is 1. The van der Waals surface area contributed by atoms with E-state index in [0.29, 0.717) is 18.7 Å². The van der Waals surface area contributed by atoms with E-state index in [4.69, 9.17) is 0 Å². The lowest BCUT2D eigenvalue weighted by molar-refractivity contribution is -0.385. The van der Waals surface area contributed by atoms with Crippen molar-refractivity contribution in [2.24, 2.45) is 0 Å². The first-order valence-corrected chi connectivity index (χ1v) is 6.90. The van der Waals surface area contributed by atoms with E-state index in [0.717, 1.165) is 25.7 Å².